The first-order chi connectivity index (χ1) is 4.70. The average Bonchev–Trinajstić information content (AvgIpc) is 1.90. The molecule has 60 valence electrons. The third-order valence-corrected chi connectivity index (χ3v) is 1.91. The Morgan fingerprint density at radius 3 is 2.09 bits per heavy atom. The van der Waals surface area contributed by atoms with Crippen LogP contribution in [0.5, 0.6) is 0 Å². The monoisotopic (exact) mass is 150 g/mol. The zero-order valence-electron chi connectivity index (χ0n) is 7.72. The molecule has 0 aromatic rings. The van der Waals surface area contributed by atoms with Gasteiger partial charge in [0, 0.05) is 5.97 Å². The molecular formula is C8H15LiO2. The van der Waals surface area contributed by atoms with Crippen LogP contribution in [-0.2, 0) is 4.79 Å². The molecule has 0 bridgehead atoms. The second kappa shape index (κ2) is 8.17. The van der Waals surface area contributed by atoms with E-state index >= 15 is 0 Å². The predicted molar refractivity (Wildman–Crippen MR) is 38.3 cm³/mol. The van der Waals surface area contributed by atoms with Gasteiger partial charge in [-0.2, -0.15) is 0 Å². The van der Waals surface area contributed by atoms with Gasteiger partial charge in [-0.25, -0.2) is 0 Å². The fourth-order valence-corrected chi connectivity index (χ4v) is 1.02. The first-order valence-corrected chi connectivity index (χ1v) is 3.90. The number of carboxylic acid groups (broad SMARTS) is 1. The van der Waals surface area contributed by atoms with Gasteiger partial charge in [-0.15, -0.1) is 0 Å². The summed E-state index contributed by atoms with van der Waals surface area (Å²) in [5.41, 5.74) is 0. The summed E-state index contributed by atoms with van der Waals surface area (Å²) in [6.07, 6.45) is 3.13. The van der Waals surface area contributed by atoms with Gasteiger partial charge in [0.15, 0.2) is 0 Å². The van der Waals surface area contributed by atoms with Crippen molar-refractivity contribution in [3.05, 3.63) is 0 Å². The summed E-state index contributed by atoms with van der Waals surface area (Å²) in [4.78, 5) is 10.0. The topological polar surface area (TPSA) is 40.1 Å². The van der Waals surface area contributed by atoms with Gasteiger partial charge in [0.25, 0.3) is 0 Å². The van der Waals surface area contributed by atoms with Gasteiger partial charge >= 0.3 is 18.9 Å². The van der Waals surface area contributed by atoms with Gasteiger partial charge in [-0.05, 0) is 18.8 Å². The molecule has 0 heterocycles. The number of hydrogen-bond donors (Lipinski definition) is 0. The summed E-state index contributed by atoms with van der Waals surface area (Å²) < 4.78 is 0. The molecule has 0 saturated heterocycles. The van der Waals surface area contributed by atoms with E-state index in [1.165, 1.54) is 0 Å². The molecule has 2 nitrogen and oxygen atoms in total. The summed E-state index contributed by atoms with van der Waals surface area (Å²) in [6.45, 7) is 4.17. The van der Waals surface area contributed by atoms with Crippen molar-refractivity contribution in [2.24, 2.45) is 5.92 Å². The zero-order valence-corrected chi connectivity index (χ0v) is 7.72. The van der Waals surface area contributed by atoms with Crippen LogP contribution in [0.3, 0.4) is 0 Å². The maximum atomic E-state index is 10.0. The second-order valence-electron chi connectivity index (χ2n) is 2.59. The minimum absolute atomic E-state index is 0. The van der Waals surface area contributed by atoms with E-state index in [1.54, 1.807) is 0 Å². The van der Waals surface area contributed by atoms with Crippen LogP contribution in [-0.4, -0.2) is 5.97 Å². The van der Waals surface area contributed by atoms with Crippen LogP contribution in [0.2, 0.25) is 0 Å². The molecule has 0 aromatic heterocycles. The summed E-state index contributed by atoms with van der Waals surface area (Å²) in [6, 6.07) is 0. The second-order valence-corrected chi connectivity index (χ2v) is 2.59. The normalized spacial score (nSPS) is 9.36. The standard InChI is InChI=1S/C8H16O2.Li/c1-3-7(4-2)5-6-8(9)10;/h7H,3-6H2,1-2H3,(H,9,10);/q;+1/p-1. The van der Waals surface area contributed by atoms with Crippen molar-refractivity contribution in [2.45, 2.75) is 39.5 Å². The molecule has 0 aliphatic rings. The fourth-order valence-electron chi connectivity index (χ4n) is 1.02. The minimum Gasteiger partial charge on any atom is -0.550 e. The Hall–Kier alpha value is 0.0674. The minimum atomic E-state index is -0.924. The Morgan fingerprint density at radius 2 is 1.82 bits per heavy atom. The predicted octanol–water partition coefficient (Wildman–Crippen LogP) is -2.04. The van der Waals surface area contributed by atoms with Crippen LogP contribution in [0.25, 0.3) is 0 Å². The largest absolute Gasteiger partial charge is 1.00 e. The van der Waals surface area contributed by atoms with Gasteiger partial charge in [0.05, 0.1) is 0 Å². The Kier molecular flexibility index (Phi) is 10.1. The van der Waals surface area contributed by atoms with Gasteiger partial charge in [-0.1, -0.05) is 26.7 Å². The molecular weight excluding hydrogens is 135 g/mol. The van der Waals surface area contributed by atoms with Crippen molar-refractivity contribution in [1.29, 1.82) is 0 Å². The molecule has 11 heavy (non-hydrogen) atoms. The number of carbonyl (C=O) groups is 1. The van der Waals surface area contributed by atoms with Crippen LogP contribution in [0.1, 0.15) is 39.5 Å². The fraction of sp³-hybridized carbons (Fsp3) is 0.875. The van der Waals surface area contributed by atoms with E-state index in [0.717, 1.165) is 19.3 Å². The third-order valence-electron chi connectivity index (χ3n) is 1.91. The zero-order chi connectivity index (χ0) is 7.98. The number of aliphatic carboxylic acids is 1. The average molecular weight is 150 g/mol. The summed E-state index contributed by atoms with van der Waals surface area (Å²) in [5, 5.41) is 10.0. The van der Waals surface area contributed by atoms with Crippen molar-refractivity contribution >= 4 is 5.97 Å². The van der Waals surface area contributed by atoms with Gasteiger partial charge in [-0.3, -0.25) is 0 Å². The van der Waals surface area contributed by atoms with Crippen LogP contribution >= 0.6 is 0 Å². The molecule has 0 aliphatic heterocycles. The molecule has 0 aromatic carbocycles. The summed E-state index contributed by atoms with van der Waals surface area (Å²) in [5.74, 6) is -0.357. The molecule has 0 atom stereocenters. The molecule has 0 fully saturated rings. The quantitative estimate of drug-likeness (QED) is 0.423. The van der Waals surface area contributed by atoms with Crippen molar-refractivity contribution in [3.8, 4) is 0 Å². The molecule has 0 amide bonds. The molecule has 0 radical (unpaired) electrons. The smallest absolute Gasteiger partial charge is 0.550 e. The molecule has 3 heteroatoms. The van der Waals surface area contributed by atoms with E-state index in [-0.39, 0.29) is 25.3 Å². The van der Waals surface area contributed by atoms with Gasteiger partial charge < -0.3 is 9.90 Å². The van der Waals surface area contributed by atoms with E-state index < -0.39 is 5.97 Å². The van der Waals surface area contributed by atoms with Crippen LogP contribution in [0, 0.1) is 5.92 Å². The molecule has 0 unspecified atom stereocenters. The van der Waals surface area contributed by atoms with Gasteiger partial charge in [0.1, 0.15) is 0 Å². The van der Waals surface area contributed by atoms with Crippen LogP contribution in [0.15, 0.2) is 0 Å². The first kappa shape index (κ1) is 13.6. The Bertz CT molecular complexity index is 100. The summed E-state index contributed by atoms with van der Waals surface area (Å²) in [7, 11) is 0. The van der Waals surface area contributed by atoms with Crippen molar-refractivity contribution in [3.63, 3.8) is 0 Å². The number of carbonyl (C=O) groups excluding carboxylic acids is 1. The number of carboxylic acids is 1. The number of hydrogen-bond acceptors (Lipinski definition) is 2. The van der Waals surface area contributed by atoms with Crippen LogP contribution in [0.4, 0.5) is 0 Å². The molecule has 0 N–H and O–H groups in total. The van der Waals surface area contributed by atoms with E-state index in [1.807, 2.05) is 0 Å². The Balaban J connectivity index is 0. The number of rotatable bonds is 5. The van der Waals surface area contributed by atoms with E-state index in [0.29, 0.717) is 5.92 Å². The Morgan fingerprint density at radius 1 is 1.36 bits per heavy atom. The summed E-state index contributed by atoms with van der Waals surface area (Å²) >= 11 is 0. The SMILES string of the molecule is CCC(CC)CCC(=O)[O-].[Li+]. The van der Waals surface area contributed by atoms with Gasteiger partial charge in [0.2, 0.25) is 0 Å². The molecule has 0 spiro atoms. The third kappa shape index (κ3) is 7.97. The maximum Gasteiger partial charge on any atom is 1.00 e. The van der Waals surface area contributed by atoms with E-state index in [9.17, 15) is 9.90 Å². The van der Waals surface area contributed by atoms with Crippen LogP contribution < -0.4 is 24.0 Å². The van der Waals surface area contributed by atoms with Crippen molar-refractivity contribution in [1.82, 2.24) is 0 Å². The van der Waals surface area contributed by atoms with E-state index in [2.05, 4.69) is 13.8 Å². The first-order valence-electron chi connectivity index (χ1n) is 3.90. The maximum absolute atomic E-state index is 10.0. The molecule has 0 aliphatic carbocycles. The molecule has 0 rings (SSSR count). The van der Waals surface area contributed by atoms with Crippen molar-refractivity contribution < 1.29 is 28.8 Å². The Labute approximate surface area is 80.5 Å². The molecule has 0 saturated carbocycles. The van der Waals surface area contributed by atoms with E-state index in [4.69, 9.17) is 0 Å². The van der Waals surface area contributed by atoms with Crippen molar-refractivity contribution in [2.75, 3.05) is 0 Å².